The van der Waals surface area contributed by atoms with Crippen LogP contribution < -0.4 is 10.9 Å². The van der Waals surface area contributed by atoms with Crippen molar-refractivity contribution in [3.05, 3.63) is 82.9 Å². The van der Waals surface area contributed by atoms with Crippen molar-refractivity contribution in [2.45, 2.75) is 26.8 Å². The van der Waals surface area contributed by atoms with Crippen molar-refractivity contribution in [2.24, 2.45) is 0 Å². The van der Waals surface area contributed by atoms with Crippen molar-refractivity contribution in [3.63, 3.8) is 0 Å². The number of carbonyl (C=O) groups excluding carboxylic acids is 1. The largest absolute Gasteiger partial charge is 0.478 e. The van der Waals surface area contributed by atoms with Crippen molar-refractivity contribution in [1.29, 1.82) is 0 Å². The lowest BCUT2D eigenvalue weighted by atomic mass is 10.0. The van der Waals surface area contributed by atoms with Crippen molar-refractivity contribution in [3.8, 4) is 0 Å². The molecule has 0 heterocycles. The van der Waals surface area contributed by atoms with Crippen LogP contribution in [0.2, 0.25) is 0 Å². The maximum Gasteiger partial charge on any atom is 0.335 e. The number of hydrazine groups is 1. The zero-order valence-corrected chi connectivity index (χ0v) is 18.0. The van der Waals surface area contributed by atoms with E-state index in [1.807, 2.05) is 0 Å². The summed E-state index contributed by atoms with van der Waals surface area (Å²) in [6, 6.07) is 18.7. The van der Waals surface area contributed by atoms with Crippen LogP contribution in [0.4, 0.5) is 0 Å². The molecule has 0 aliphatic heterocycles. The summed E-state index contributed by atoms with van der Waals surface area (Å²) in [6.45, 7) is 8.08. The van der Waals surface area contributed by atoms with Gasteiger partial charge in [0.2, 0.25) is 0 Å². The molecular formula is C25H29N3O3. The van der Waals surface area contributed by atoms with E-state index in [-0.39, 0.29) is 11.5 Å². The summed E-state index contributed by atoms with van der Waals surface area (Å²) in [4.78, 5) is 25.5. The van der Waals surface area contributed by atoms with Gasteiger partial charge >= 0.3 is 5.97 Å². The minimum Gasteiger partial charge on any atom is -0.478 e. The normalized spacial score (nSPS) is 11.1. The molecule has 0 unspecified atom stereocenters. The number of fused-ring (bicyclic) bond motifs is 1. The van der Waals surface area contributed by atoms with E-state index >= 15 is 0 Å². The van der Waals surface area contributed by atoms with Gasteiger partial charge in [-0.15, -0.1) is 0 Å². The van der Waals surface area contributed by atoms with E-state index in [1.54, 1.807) is 0 Å². The second-order valence-corrected chi connectivity index (χ2v) is 7.48. The van der Waals surface area contributed by atoms with Crippen LogP contribution in [0.1, 0.15) is 45.7 Å². The summed E-state index contributed by atoms with van der Waals surface area (Å²) in [5.41, 5.74) is 8.53. The van der Waals surface area contributed by atoms with Gasteiger partial charge in [-0.1, -0.05) is 44.2 Å². The maximum absolute atomic E-state index is 12.2. The molecule has 0 fully saturated rings. The maximum atomic E-state index is 12.2. The molecule has 0 atom stereocenters. The molecule has 31 heavy (non-hydrogen) atoms. The van der Waals surface area contributed by atoms with Gasteiger partial charge in [0.15, 0.2) is 0 Å². The Morgan fingerprint density at radius 2 is 1.42 bits per heavy atom. The lowest BCUT2D eigenvalue weighted by molar-refractivity contribution is 0.0696. The van der Waals surface area contributed by atoms with Crippen LogP contribution in [0, 0.1) is 0 Å². The third-order valence-electron chi connectivity index (χ3n) is 5.47. The molecule has 0 radical (unpaired) electrons. The Morgan fingerprint density at radius 3 is 2.03 bits per heavy atom. The minimum atomic E-state index is -1.02. The Balaban J connectivity index is 1.55. The van der Waals surface area contributed by atoms with Gasteiger partial charge in [-0.2, -0.15) is 0 Å². The average molecular weight is 420 g/mol. The molecule has 0 saturated heterocycles. The van der Waals surface area contributed by atoms with Crippen LogP contribution in [0.15, 0.2) is 60.7 Å². The fourth-order valence-corrected chi connectivity index (χ4v) is 3.50. The van der Waals surface area contributed by atoms with Gasteiger partial charge in [0.05, 0.1) is 5.56 Å². The Labute approximate surface area is 182 Å². The molecule has 0 spiro atoms. The smallest absolute Gasteiger partial charge is 0.335 e. The number of hydrogen-bond acceptors (Lipinski definition) is 4. The van der Waals surface area contributed by atoms with Gasteiger partial charge in [0.25, 0.3) is 5.91 Å². The fourth-order valence-electron chi connectivity index (χ4n) is 3.50. The van der Waals surface area contributed by atoms with Crippen molar-refractivity contribution >= 4 is 22.6 Å². The van der Waals surface area contributed by atoms with Crippen molar-refractivity contribution in [2.75, 3.05) is 19.6 Å². The number of amides is 1. The Hall–Kier alpha value is -3.22. The number of benzene rings is 3. The summed E-state index contributed by atoms with van der Waals surface area (Å²) in [5, 5.41) is 11.3. The summed E-state index contributed by atoms with van der Waals surface area (Å²) in [7, 11) is 0. The number of rotatable bonds is 10. The molecule has 0 aliphatic carbocycles. The van der Waals surface area contributed by atoms with Gasteiger partial charge in [-0.25, -0.2) is 10.2 Å². The molecule has 0 bridgehead atoms. The second-order valence-electron chi connectivity index (χ2n) is 7.48. The molecule has 6 nitrogen and oxygen atoms in total. The minimum absolute atomic E-state index is 0.150. The predicted molar refractivity (Wildman–Crippen MR) is 123 cm³/mol. The molecule has 3 rings (SSSR count). The lowest BCUT2D eigenvalue weighted by Gasteiger charge is -2.17. The van der Waals surface area contributed by atoms with E-state index in [9.17, 15) is 9.59 Å². The average Bonchev–Trinajstić information content (AvgIpc) is 2.79. The quantitative estimate of drug-likeness (QED) is 0.435. The Kier molecular flexibility index (Phi) is 7.76. The summed E-state index contributed by atoms with van der Waals surface area (Å²) in [5.74, 6) is -1.33. The van der Waals surface area contributed by atoms with Crippen LogP contribution in [-0.2, 0) is 13.0 Å². The Morgan fingerprint density at radius 1 is 0.839 bits per heavy atom. The summed E-state index contributed by atoms with van der Waals surface area (Å²) in [6.07, 6.45) is 1.04. The number of nitrogens with zero attached hydrogens (tertiary/aromatic N) is 1. The molecule has 162 valence electrons. The zero-order valence-electron chi connectivity index (χ0n) is 18.0. The van der Waals surface area contributed by atoms with E-state index < -0.39 is 5.97 Å². The monoisotopic (exact) mass is 419 g/mol. The van der Waals surface area contributed by atoms with Gasteiger partial charge in [0, 0.05) is 18.7 Å². The highest BCUT2D eigenvalue weighted by Gasteiger charge is 2.08. The molecule has 0 aliphatic rings. The number of likely N-dealkylation sites (N-methyl/N-ethyl adjacent to an activating group) is 1. The number of carboxylic acids is 1. The summed E-state index contributed by atoms with van der Waals surface area (Å²) >= 11 is 0. The van der Waals surface area contributed by atoms with Crippen molar-refractivity contribution < 1.29 is 14.7 Å². The molecular weight excluding hydrogens is 390 g/mol. The molecule has 0 aromatic heterocycles. The highest BCUT2D eigenvalue weighted by molar-refractivity contribution is 5.95. The van der Waals surface area contributed by atoms with E-state index in [1.165, 1.54) is 40.6 Å². The van der Waals surface area contributed by atoms with Crippen LogP contribution in [-0.4, -0.2) is 41.5 Å². The molecule has 0 saturated carbocycles. The standard InChI is InChI=1S/C25H29N3O3/c1-3-28(4-2)14-13-18-5-7-23-16-19(6-8-22(23)15-18)17-26-27-24(29)20-9-11-21(12-10-20)25(30)31/h5-12,15-16,26H,3-4,13-14,17H2,1-2H3,(H,27,29)(H,30,31). The molecule has 6 heteroatoms. The number of nitrogens with one attached hydrogen (secondary N) is 2. The van der Waals surface area contributed by atoms with Crippen molar-refractivity contribution in [1.82, 2.24) is 15.8 Å². The Bertz CT molecular complexity index is 1040. The summed E-state index contributed by atoms with van der Waals surface area (Å²) < 4.78 is 0. The van der Waals surface area contributed by atoms with Crippen LogP contribution in [0.5, 0.6) is 0 Å². The van der Waals surface area contributed by atoms with E-state index in [4.69, 9.17) is 5.11 Å². The highest BCUT2D eigenvalue weighted by atomic mass is 16.4. The molecule has 3 N–H and O–H groups in total. The number of carboxylic acid groups (broad SMARTS) is 1. The van der Waals surface area contributed by atoms with Gasteiger partial charge in [0.1, 0.15) is 0 Å². The number of carbonyl (C=O) groups is 2. The lowest BCUT2D eigenvalue weighted by Crippen LogP contribution is -2.36. The predicted octanol–water partition coefficient (Wildman–Crippen LogP) is 3.86. The third kappa shape index (κ3) is 6.13. The van der Waals surface area contributed by atoms with Crippen LogP contribution >= 0.6 is 0 Å². The van der Waals surface area contributed by atoms with E-state index in [2.05, 4.69) is 66.0 Å². The SMILES string of the molecule is CCN(CC)CCc1ccc2cc(CNNC(=O)c3ccc(C(=O)O)cc3)ccc2c1. The number of hydrogen-bond donors (Lipinski definition) is 3. The van der Waals surface area contributed by atoms with E-state index in [0.717, 1.165) is 31.6 Å². The van der Waals surface area contributed by atoms with Gasteiger partial charge in [-0.3, -0.25) is 10.2 Å². The van der Waals surface area contributed by atoms with Gasteiger partial charge in [-0.05, 0) is 71.7 Å². The first-order valence-corrected chi connectivity index (χ1v) is 10.6. The first-order valence-electron chi connectivity index (χ1n) is 10.6. The van der Waals surface area contributed by atoms with Crippen LogP contribution in [0.3, 0.4) is 0 Å². The van der Waals surface area contributed by atoms with E-state index in [0.29, 0.717) is 12.1 Å². The first kappa shape index (κ1) is 22.5. The first-order chi connectivity index (χ1) is 15.0. The second kappa shape index (κ2) is 10.7. The zero-order chi connectivity index (χ0) is 22.2. The van der Waals surface area contributed by atoms with Crippen LogP contribution in [0.25, 0.3) is 10.8 Å². The molecule has 3 aromatic carbocycles. The van der Waals surface area contributed by atoms with Gasteiger partial charge < -0.3 is 10.0 Å². The fraction of sp³-hybridized carbons (Fsp3) is 0.280. The highest BCUT2D eigenvalue weighted by Crippen LogP contribution is 2.18. The third-order valence-corrected chi connectivity index (χ3v) is 5.47. The molecule has 1 amide bonds. The number of aromatic carboxylic acids is 1. The topological polar surface area (TPSA) is 81.7 Å². The molecule has 3 aromatic rings.